The summed E-state index contributed by atoms with van der Waals surface area (Å²) in [5, 5.41) is 1.19. The molecule has 1 aromatic heterocycles. The van der Waals surface area contributed by atoms with Crippen LogP contribution in [-0.2, 0) is 11.8 Å². The van der Waals surface area contributed by atoms with Crippen molar-refractivity contribution in [2.24, 2.45) is 0 Å². The van der Waals surface area contributed by atoms with Crippen molar-refractivity contribution >= 4 is 17.1 Å². The van der Waals surface area contributed by atoms with E-state index in [1.54, 1.807) is 11.3 Å². The molecule has 0 aliphatic heterocycles. The Morgan fingerprint density at radius 2 is 1.76 bits per heavy atom. The molecule has 0 saturated heterocycles. The molecular weight excluding hydrogens is 278 g/mol. The first-order valence-corrected chi connectivity index (χ1v) is 8.70. The third-order valence-electron chi connectivity index (χ3n) is 4.96. The van der Waals surface area contributed by atoms with Gasteiger partial charge in [-0.25, -0.2) is 4.98 Å². The third-order valence-corrected chi connectivity index (χ3v) is 6.30. The Balaban J connectivity index is 1.84. The molecule has 0 radical (unpaired) electrons. The summed E-state index contributed by atoms with van der Waals surface area (Å²) in [6, 6.07) is 10.8. The monoisotopic (exact) mass is 297 g/mol. The van der Waals surface area contributed by atoms with Gasteiger partial charge in [0.05, 0.1) is 10.6 Å². The van der Waals surface area contributed by atoms with Gasteiger partial charge in [0.1, 0.15) is 5.01 Å². The molecule has 1 heterocycles. The minimum atomic E-state index is 0.0591. The lowest BCUT2D eigenvalue weighted by molar-refractivity contribution is 0.0976. The molecule has 1 aromatic carbocycles. The molecule has 2 aliphatic rings. The van der Waals surface area contributed by atoms with E-state index in [0.717, 1.165) is 36.3 Å². The number of hydrogen-bond donors (Lipinski definition) is 0. The highest BCUT2D eigenvalue weighted by atomic mass is 32.1. The SMILES string of the molecule is O=C1CCCc2nc(C3(c4ccccc4)CCCC3)sc21. The number of rotatable bonds is 2. The number of benzene rings is 1. The van der Waals surface area contributed by atoms with E-state index < -0.39 is 0 Å². The van der Waals surface area contributed by atoms with E-state index in [1.165, 1.54) is 23.4 Å². The van der Waals surface area contributed by atoms with Gasteiger partial charge in [0, 0.05) is 11.8 Å². The second-order valence-corrected chi connectivity index (χ2v) is 7.23. The Kier molecular flexibility index (Phi) is 3.18. The molecule has 0 amide bonds. The number of Topliss-reactive ketones (excluding diaryl/α,β-unsaturated/α-hetero) is 1. The minimum Gasteiger partial charge on any atom is -0.293 e. The number of aromatic nitrogens is 1. The molecule has 2 aliphatic carbocycles. The summed E-state index contributed by atoms with van der Waals surface area (Å²) >= 11 is 1.67. The zero-order valence-electron chi connectivity index (χ0n) is 12.1. The molecule has 0 atom stereocenters. The topological polar surface area (TPSA) is 30.0 Å². The highest BCUT2D eigenvalue weighted by molar-refractivity contribution is 7.14. The van der Waals surface area contributed by atoms with Gasteiger partial charge in [-0.2, -0.15) is 0 Å². The zero-order valence-corrected chi connectivity index (χ0v) is 12.9. The maximum atomic E-state index is 12.1. The fraction of sp³-hybridized carbons (Fsp3) is 0.444. The van der Waals surface area contributed by atoms with Gasteiger partial charge in [-0.05, 0) is 31.2 Å². The fourth-order valence-corrected chi connectivity index (χ4v) is 5.18. The van der Waals surface area contributed by atoms with Gasteiger partial charge < -0.3 is 0 Å². The molecule has 2 aromatic rings. The quantitative estimate of drug-likeness (QED) is 0.815. The van der Waals surface area contributed by atoms with Crippen molar-refractivity contribution in [2.45, 2.75) is 50.4 Å². The van der Waals surface area contributed by atoms with Gasteiger partial charge in [-0.3, -0.25) is 4.79 Å². The van der Waals surface area contributed by atoms with Gasteiger partial charge in [-0.1, -0.05) is 43.2 Å². The van der Waals surface area contributed by atoms with Crippen molar-refractivity contribution in [3.63, 3.8) is 0 Å². The first-order chi connectivity index (χ1) is 10.3. The van der Waals surface area contributed by atoms with E-state index in [4.69, 9.17) is 4.98 Å². The maximum absolute atomic E-state index is 12.1. The molecule has 21 heavy (non-hydrogen) atoms. The smallest absolute Gasteiger partial charge is 0.174 e. The molecule has 4 rings (SSSR count). The van der Waals surface area contributed by atoms with Crippen LogP contribution in [0, 0.1) is 0 Å². The second kappa shape index (κ2) is 5.06. The Bertz CT molecular complexity index is 668. The Hall–Kier alpha value is -1.48. The van der Waals surface area contributed by atoms with E-state index in [9.17, 15) is 4.79 Å². The van der Waals surface area contributed by atoms with E-state index in [1.807, 2.05) is 0 Å². The van der Waals surface area contributed by atoms with Crippen molar-refractivity contribution in [1.29, 1.82) is 0 Å². The molecule has 3 heteroatoms. The van der Waals surface area contributed by atoms with Crippen LogP contribution in [0.25, 0.3) is 0 Å². The van der Waals surface area contributed by atoms with Gasteiger partial charge in [0.25, 0.3) is 0 Å². The summed E-state index contributed by atoms with van der Waals surface area (Å²) in [5.41, 5.74) is 2.50. The number of carbonyl (C=O) groups is 1. The number of ketones is 1. The number of fused-ring (bicyclic) bond motifs is 1. The number of aryl methyl sites for hydroxylation is 1. The molecule has 108 valence electrons. The van der Waals surface area contributed by atoms with Gasteiger partial charge >= 0.3 is 0 Å². The van der Waals surface area contributed by atoms with Crippen molar-refractivity contribution in [3.05, 3.63) is 51.5 Å². The van der Waals surface area contributed by atoms with Crippen molar-refractivity contribution < 1.29 is 4.79 Å². The van der Waals surface area contributed by atoms with E-state index in [0.29, 0.717) is 12.2 Å². The van der Waals surface area contributed by atoms with Crippen molar-refractivity contribution in [2.75, 3.05) is 0 Å². The van der Waals surface area contributed by atoms with Gasteiger partial charge in [0.2, 0.25) is 0 Å². The second-order valence-electron chi connectivity index (χ2n) is 6.23. The molecule has 2 nitrogen and oxygen atoms in total. The molecule has 0 N–H and O–H groups in total. The van der Waals surface area contributed by atoms with Gasteiger partial charge in [0.15, 0.2) is 5.78 Å². The average molecular weight is 297 g/mol. The first-order valence-electron chi connectivity index (χ1n) is 7.88. The van der Waals surface area contributed by atoms with Crippen LogP contribution in [-0.4, -0.2) is 10.8 Å². The summed E-state index contributed by atoms with van der Waals surface area (Å²) in [5.74, 6) is 0.307. The van der Waals surface area contributed by atoms with E-state index >= 15 is 0 Å². The lowest BCUT2D eigenvalue weighted by atomic mass is 9.79. The zero-order chi connectivity index (χ0) is 14.3. The number of carbonyl (C=O) groups excluding carboxylic acids is 1. The maximum Gasteiger partial charge on any atom is 0.174 e. The molecule has 0 bridgehead atoms. The van der Waals surface area contributed by atoms with Crippen LogP contribution in [0.1, 0.15) is 64.5 Å². The van der Waals surface area contributed by atoms with Crippen LogP contribution in [0.3, 0.4) is 0 Å². The Morgan fingerprint density at radius 1 is 1.00 bits per heavy atom. The summed E-state index contributed by atoms with van der Waals surface area (Å²) in [6.07, 6.45) is 7.48. The number of thiazole rings is 1. The van der Waals surface area contributed by atoms with Gasteiger partial charge in [-0.15, -0.1) is 11.3 Å². The van der Waals surface area contributed by atoms with Crippen molar-refractivity contribution in [1.82, 2.24) is 4.98 Å². The van der Waals surface area contributed by atoms with Crippen LogP contribution < -0.4 is 0 Å². The van der Waals surface area contributed by atoms with Crippen LogP contribution in [0.5, 0.6) is 0 Å². The highest BCUT2D eigenvalue weighted by Gasteiger charge is 2.41. The van der Waals surface area contributed by atoms with Crippen LogP contribution in [0.2, 0.25) is 0 Å². The molecular formula is C18H19NOS. The Labute approximate surface area is 129 Å². The number of nitrogens with zero attached hydrogens (tertiary/aromatic N) is 1. The van der Waals surface area contributed by atoms with Crippen LogP contribution in [0.4, 0.5) is 0 Å². The largest absolute Gasteiger partial charge is 0.293 e. The van der Waals surface area contributed by atoms with Crippen LogP contribution >= 0.6 is 11.3 Å². The molecule has 0 unspecified atom stereocenters. The molecule has 1 fully saturated rings. The summed E-state index contributed by atoms with van der Waals surface area (Å²) in [6.45, 7) is 0. The lowest BCUT2D eigenvalue weighted by Gasteiger charge is -2.27. The molecule has 1 saturated carbocycles. The first kappa shape index (κ1) is 13.2. The van der Waals surface area contributed by atoms with E-state index in [2.05, 4.69) is 30.3 Å². The lowest BCUT2D eigenvalue weighted by Crippen LogP contribution is -2.23. The number of hydrogen-bond acceptors (Lipinski definition) is 3. The highest BCUT2D eigenvalue weighted by Crippen LogP contribution is 2.48. The minimum absolute atomic E-state index is 0.0591. The van der Waals surface area contributed by atoms with Crippen LogP contribution in [0.15, 0.2) is 30.3 Å². The standard InChI is InChI=1S/C18H19NOS/c20-15-10-6-9-14-16(15)21-17(19-14)18(11-4-5-12-18)13-7-2-1-3-8-13/h1-3,7-8H,4-6,9-12H2. The summed E-state index contributed by atoms with van der Waals surface area (Å²) < 4.78 is 0. The predicted molar refractivity (Wildman–Crippen MR) is 85.1 cm³/mol. The third kappa shape index (κ3) is 2.06. The fourth-order valence-electron chi connectivity index (χ4n) is 3.84. The van der Waals surface area contributed by atoms with E-state index in [-0.39, 0.29) is 5.41 Å². The van der Waals surface area contributed by atoms with Crippen molar-refractivity contribution in [3.8, 4) is 0 Å². The average Bonchev–Trinajstić information content (AvgIpc) is 3.16. The predicted octanol–water partition coefficient (Wildman–Crippen LogP) is 4.52. The molecule has 0 spiro atoms. The summed E-state index contributed by atoms with van der Waals surface area (Å²) in [4.78, 5) is 18.0. The summed E-state index contributed by atoms with van der Waals surface area (Å²) in [7, 11) is 0. The Morgan fingerprint density at radius 3 is 2.48 bits per heavy atom. The normalized spacial score (nSPS) is 20.5.